The lowest BCUT2D eigenvalue weighted by Crippen LogP contribution is -2.32. The van der Waals surface area contributed by atoms with Gasteiger partial charge in [-0.25, -0.2) is 0 Å². The van der Waals surface area contributed by atoms with Crippen LogP contribution in [0.3, 0.4) is 0 Å². The Hall–Kier alpha value is -3.48. The van der Waals surface area contributed by atoms with Crippen LogP contribution in [0.2, 0.25) is 0 Å². The number of nitrogens with zero attached hydrogens (tertiary/aromatic N) is 2. The molecule has 0 spiro atoms. The van der Waals surface area contributed by atoms with E-state index in [1.165, 1.54) is 17.0 Å². The van der Waals surface area contributed by atoms with Crippen LogP contribution in [-0.2, 0) is 16.2 Å². The third-order valence-corrected chi connectivity index (χ3v) is 6.09. The molecule has 7 heteroatoms. The van der Waals surface area contributed by atoms with Crippen molar-refractivity contribution in [1.29, 1.82) is 0 Å². The van der Waals surface area contributed by atoms with E-state index in [9.17, 15) is 19.7 Å². The maximum atomic E-state index is 12.9. The molecule has 0 unspecified atom stereocenters. The first kappa shape index (κ1) is 17.6. The highest BCUT2D eigenvalue weighted by Crippen LogP contribution is 2.53. The van der Waals surface area contributed by atoms with Crippen LogP contribution in [0.15, 0.2) is 60.7 Å². The van der Waals surface area contributed by atoms with Gasteiger partial charge in [-0.2, -0.15) is 0 Å². The number of hydrogen-bond acceptors (Lipinski definition) is 5. The predicted octanol–water partition coefficient (Wildman–Crippen LogP) is 3.49. The number of ether oxygens (including phenoxy) is 1. The summed E-state index contributed by atoms with van der Waals surface area (Å²) >= 11 is 0. The second-order valence-corrected chi connectivity index (χ2v) is 7.72. The Kier molecular flexibility index (Phi) is 3.97. The second kappa shape index (κ2) is 6.55. The molecular weight excluding hydrogens is 372 g/mol. The second-order valence-electron chi connectivity index (χ2n) is 7.72. The summed E-state index contributed by atoms with van der Waals surface area (Å²) in [6.07, 6.45) is 5.06. The van der Waals surface area contributed by atoms with Gasteiger partial charge in [0.15, 0.2) is 0 Å². The molecule has 1 saturated carbocycles. The maximum Gasteiger partial charge on any atom is 0.269 e. The Balaban J connectivity index is 1.29. The summed E-state index contributed by atoms with van der Waals surface area (Å²) in [5.74, 6) is 0.267. The van der Waals surface area contributed by atoms with Gasteiger partial charge >= 0.3 is 0 Å². The first-order chi connectivity index (χ1) is 14.0. The number of anilines is 1. The van der Waals surface area contributed by atoms with Gasteiger partial charge in [-0.3, -0.25) is 24.6 Å². The fourth-order valence-corrected chi connectivity index (χ4v) is 4.77. The van der Waals surface area contributed by atoms with E-state index in [1.807, 2.05) is 0 Å². The minimum atomic E-state index is -0.445. The number of benzene rings is 2. The SMILES string of the molecule is O=C1[C@H]2[C@H](C(=O)N1c1ccc(OCc3cccc([N+](=O)[O-])c3)cc1)[C@H]1C=C[C@H]2C1. The molecule has 29 heavy (non-hydrogen) atoms. The molecule has 2 fully saturated rings. The molecule has 0 aromatic heterocycles. The first-order valence-electron chi connectivity index (χ1n) is 9.55. The van der Waals surface area contributed by atoms with E-state index in [2.05, 4.69) is 12.2 Å². The number of carbonyl (C=O) groups excluding carboxylic acids is 2. The fraction of sp³-hybridized carbons (Fsp3) is 0.273. The number of allylic oxidation sites excluding steroid dienone is 2. The van der Waals surface area contributed by atoms with E-state index in [4.69, 9.17) is 4.74 Å². The number of nitro groups is 1. The molecule has 146 valence electrons. The highest BCUT2D eigenvalue weighted by Gasteiger charge is 2.59. The van der Waals surface area contributed by atoms with Crippen LogP contribution < -0.4 is 9.64 Å². The monoisotopic (exact) mass is 390 g/mol. The summed E-state index contributed by atoms with van der Waals surface area (Å²) in [4.78, 5) is 37.4. The summed E-state index contributed by atoms with van der Waals surface area (Å²) in [7, 11) is 0. The van der Waals surface area contributed by atoms with Crippen molar-refractivity contribution in [2.45, 2.75) is 13.0 Å². The molecule has 1 saturated heterocycles. The topological polar surface area (TPSA) is 89.8 Å². The molecular formula is C22H18N2O5. The Morgan fingerprint density at radius 3 is 2.28 bits per heavy atom. The molecule has 2 aromatic rings. The number of fused-ring (bicyclic) bond motifs is 5. The summed E-state index contributed by atoms with van der Waals surface area (Å²) in [5.41, 5.74) is 1.25. The van der Waals surface area contributed by atoms with Crippen molar-refractivity contribution in [2.75, 3.05) is 4.90 Å². The van der Waals surface area contributed by atoms with Crippen LogP contribution in [0.25, 0.3) is 0 Å². The van der Waals surface area contributed by atoms with E-state index < -0.39 is 4.92 Å². The number of amides is 2. The van der Waals surface area contributed by atoms with Crippen molar-refractivity contribution >= 4 is 23.2 Å². The minimum Gasteiger partial charge on any atom is -0.489 e. The quantitative estimate of drug-likeness (QED) is 0.337. The van der Waals surface area contributed by atoms with E-state index in [0.29, 0.717) is 17.0 Å². The molecule has 2 amide bonds. The highest BCUT2D eigenvalue weighted by atomic mass is 16.6. The average molecular weight is 390 g/mol. The smallest absolute Gasteiger partial charge is 0.269 e. The number of rotatable bonds is 5. The maximum absolute atomic E-state index is 12.9. The Morgan fingerprint density at radius 2 is 1.66 bits per heavy atom. The van der Waals surface area contributed by atoms with Gasteiger partial charge in [0.2, 0.25) is 11.8 Å². The lowest BCUT2D eigenvalue weighted by molar-refractivity contribution is -0.384. The van der Waals surface area contributed by atoms with E-state index in [-0.39, 0.29) is 47.8 Å². The van der Waals surface area contributed by atoms with Gasteiger partial charge in [0, 0.05) is 12.1 Å². The lowest BCUT2D eigenvalue weighted by atomic mass is 9.85. The molecule has 0 N–H and O–H groups in total. The van der Waals surface area contributed by atoms with Gasteiger partial charge in [-0.1, -0.05) is 24.3 Å². The molecule has 2 aliphatic carbocycles. The zero-order chi connectivity index (χ0) is 20.1. The number of imide groups is 1. The van der Waals surface area contributed by atoms with Gasteiger partial charge in [0.25, 0.3) is 5.69 Å². The predicted molar refractivity (Wildman–Crippen MR) is 104 cm³/mol. The highest BCUT2D eigenvalue weighted by molar-refractivity contribution is 6.22. The first-order valence-corrected chi connectivity index (χ1v) is 9.55. The average Bonchev–Trinajstić information content (AvgIpc) is 3.41. The van der Waals surface area contributed by atoms with Gasteiger partial charge in [0.1, 0.15) is 12.4 Å². The van der Waals surface area contributed by atoms with E-state index >= 15 is 0 Å². The standard InChI is InChI=1S/C22H18N2O5/c25-21-19-14-4-5-15(11-14)20(19)22(26)23(21)16-6-8-18(9-7-16)29-12-13-2-1-3-17(10-13)24(27)28/h1-10,14-15,19-20H,11-12H2/t14-,15-,19+,20+/m0/s1. The third kappa shape index (κ3) is 2.81. The molecule has 0 radical (unpaired) electrons. The zero-order valence-corrected chi connectivity index (χ0v) is 15.4. The number of hydrogen-bond donors (Lipinski definition) is 0. The van der Waals surface area contributed by atoms with Crippen molar-refractivity contribution < 1.29 is 19.2 Å². The molecule has 7 nitrogen and oxygen atoms in total. The zero-order valence-electron chi connectivity index (χ0n) is 15.4. The van der Waals surface area contributed by atoms with Crippen molar-refractivity contribution in [1.82, 2.24) is 0 Å². The van der Waals surface area contributed by atoms with Crippen molar-refractivity contribution in [3.05, 3.63) is 76.4 Å². The Labute approximate surface area is 166 Å². The van der Waals surface area contributed by atoms with Crippen LogP contribution in [0.1, 0.15) is 12.0 Å². The molecule has 5 rings (SSSR count). The lowest BCUT2D eigenvalue weighted by Gasteiger charge is -2.17. The third-order valence-electron chi connectivity index (χ3n) is 6.09. The van der Waals surface area contributed by atoms with Crippen LogP contribution in [0.5, 0.6) is 5.75 Å². The normalized spacial score (nSPS) is 26.8. The van der Waals surface area contributed by atoms with Crippen LogP contribution in [0, 0.1) is 33.8 Å². The summed E-state index contributed by atoms with van der Waals surface area (Å²) in [6, 6.07) is 13.1. The van der Waals surface area contributed by atoms with Gasteiger partial charge < -0.3 is 4.74 Å². The van der Waals surface area contributed by atoms with Gasteiger partial charge in [0.05, 0.1) is 22.4 Å². The van der Waals surface area contributed by atoms with Crippen molar-refractivity contribution in [2.24, 2.45) is 23.7 Å². The van der Waals surface area contributed by atoms with Crippen molar-refractivity contribution in [3.63, 3.8) is 0 Å². The van der Waals surface area contributed by atoms with Crippen LogP contribution >= 0.6 is 0 Å². The molecule has 1 aliphatic heterocycles. The summed E-state index contributed by atoms with van der Waals surface area (Å²) < 4.78 is 5.70. The Morgan fingerprint density at radius 1 is 1.00 bits per heavy atom. The fourth-order valence-electron chi connectivity index (χ4n) is 4.77. The van der Waals surface area contributed by atoms with Crippen molar-refractivity contribution in [3.8, 4) is 5.75 Å². The summed E-state index contributed by atoms with van der Waals surface area (Å²) in [6.45, 7) is 0.182. The van der Waals surface area contributed by atoms with Gasteiger partial charge in [-0.05, 0) is 48.1 Å². The van der Waals surface area contributed by atoms with Crippen LogP contribution in [-0.4, -0.2) is 16.7 Å². The Bertz CT molecular complexity index is 1020. The minimum absolute atomic E-state index is 0.0153. The number of non-ortho nitro benzene ring substituents is 1. The molecule has 2 aromatic carbocycles. The van der Waals surface area contributed by atoms with Crippen LogP contribution in [0.4, 0.5) is 11.4 Å². The summed E-state index contributed by atoms with van der Waals surface area (Å²) in [5, 5.41) is 10.9. The largest absolute Gasteiger partial charge is 0.489 e. The van der Waals surface area contributed by atoms with E-state index in [1.54, 1.807) is 36.4 Å². The van der Waals surface area contributed by atoms with E-state index in [0.717, 1.165) is 6.42 Å². The van der Waals surface area contributed by atoms with Gasteiger partial charge in [-0.15, -0.1) is 0 Å². The molecule has 3 aliphatic rings. The molecule has 1 heterocycles. The number of carbonyl (C=O) groups is 2. The molecule has 4 atom stereocenters. The molecule has 2 bridgehead atoms. The number of nitro benzene ring substituents is 1.